The van der Waals surface area contributed by atoms with Gasteiger partial charge in [-0.3, -0.25) is 14.9 Å². The Hall–Kier alpha value is -4.26. The summed E-state index contributed by atoms with van der Waals surface area (Å²) in [5, 5.41) is 15.1. The van der Waals surface area contributed by atoms with Crippen LogP contribution in [-0.4, -0.2) is 59.1 Å². The van der Waals surface area contributed by atoms with Crippen LogP contribution < -0.4 is 10.1 Å². The van der Waals surface area contributed by atoms with Crippen molar-refractivity contribution in [3.63, 3.8) is 0 Å². The number of fused-ring (bicyclic) bond motifs is 1. The lowest BCUT2D eigenvalue weighted by Gasteiger charge is -2.31. The minimum absolute atomic E-state index is 0.0886. The number of nitrogens with zero attached hydrogens (tertiary/aromatic N) is 4. The van der Waals surface area contributed by atoms with Gasteiger partial charge in [0.1, 0.15) is 17.4 Å². The molecule has 1 aliphatic carbocycles. The van der Waals surface area contributed by atoms with Crippen molar-refractivity contribution in [1.29, 1.82) is 0 Å². The Morgan fingerprint density at radius 1 is 1.19 bits per heavy atom. The summed E-state index contributed by atoms with van der Waals surface area (Å²) in [6.45, 7) is 5.62. The number of nitro groups is 1. The molecule has 0 radical (unpaired) electrons. The fourth-order valence-electron chi connectivity index (χ4n) is 5.59. The highest BCUT2D eigenvalue weighted by Gasteiger charge is 2.33. The Bertz CT molecular complexity index is 1590. The Labute approximate surface area is 246 Å². The zero-order chi connectivity index (χ0) is 30.9. The third kappa shape index (κ3) is 6.56. The quantitative estimate of drug-likeness (QED) is 0.256. The van der Waals surface area contributed by atoms with E-state index in [1.165, 1.54) is 0 Å². The smallest absolute Gasteiger partial charge is 0.416 e. The molecule has 1 unspecified atom stereocenters. The number of anilines is 1. The van der Waals surface area contributed by atoms with E-state index in [0.29, 0.717) is 79.9 Å². The molecule has 10 nitrogen and oxygen atoms in total. The largest absolute Gasteiger partial charge is 0.496 e. The van der Waals surface area contributed by atoms with Crippen molar-refractivity contribution in [2.45, 2.75) is 45.3 Å². The second-order valence-corrected chi connectivity index (χ2v) is 10.8. The number of nitro benzene ring substituents is 1. The molecular formula is C30H32F3N5O5. The molecule has 1 saturated heterocycles. The molecule has 0 bridgehead atoms. The van der Waals surface area contributed by atoms with Gasteiger partial charge in [-0.15, -0.1) is 0 Å². The third-order valence-corrected chi connectivity index (χ3v) is 7.89. The highest BCUT2D eigenvalue weighted by Crippen LogP contribution is 2.40. The number of alkyl halides is 3. The van der Waals surface area contributed by atoms with Crippen LogP contribution in [0.4, 0.5) is 24.7 Å². The molecule has 1 aliphatic heterocycles. The molecule has 3 aromatic rings. The second kappa shape index (κ2) is 12.2. The monoisotopic (exact) mass is 599 g/mol. The number of hydrogen-bond donors (Lipinski definition) is 1. The number of carbonyl (C=O) groups excluding carboxylic acids is 1. The Morgan fingerprint density at radius 2 is 1.93 bits per heavy atom. The van der Waals surface area contributed by atoms with Crippen LogP contribution in [0.25, 0.3) is 16.5 Å². The van der Waals surface area contributed by atoms with Crippen molar-refractivity contribution >= 4 is 33.9 Å². The Kier molecular flexibility index (Phi) is 8.54. The van der Waals surface area contributed by atoms with Crippen LogP contribution >= 0.6 is 0 Å². The number of methoxy groups -OCH3 is 1. The van der Waals surface area contributed by atoms with Gasteiger partial charge in [0.15, 0.2) is 0 Å². The van der Waals surface area contributed by atoms with E-state index in [1.54, 1.807) is 27.0 Å². The van der Waals surface area contributed by atoms with Crippen LogP contribution in [0.1, 0.15) is 54.7 Å². The molecule has 0 saturated carbocycles. The second-order valence-electron chi connectivity index (χ2n) is 10.8. The fourth-order valence-corrected chi connectivity index (χ4v) is 5.59. The summed E-state index contributed by atoms with van der Waals surface area (Å²) in [5.74, 6) is 1.43. The first-order chi connectivity index (χ1) is 20.4. The van der Waals surface area contributed by atoms with E-state index < -0.39 is 28.4 Å². The van der Waals surface area contributed by atoms with Gasteiger partial charge in [0, 0.05) is 48.2 Å². The average Bonchev–Trinajstić information content (AvgIpc) is 2.99. The van der Waals surface area contributed by atoms with Gasteiger partial charge in [-0.05, 0) is 56.4 Å². The summed E-state index contributed by atoms with van der Waals surface area (Å²) >= 11 is 0. The molecule has 228 valence electrons. The first-order valence-corrected chi connectivity index (χ1v) is 14.0. The zero-order valence-electron chi connectivity index (χ0n) is 24.0. The van der Waals surface area contributed by atoms with E-state index in [4.69, 9.17) is 9.47 Å². The molecule has 1 N–H and O–H groups in total. The lowest BCUT2D eigenvalue weighted by Crippen LogP contribution is -2.44. The van der Waals surface area contributed by atoms with Gasteiger partial charge >= 0.3 is 6.18 Å². The highest BCUT2D eigenvalue weighted by atomic mass is 19.4. The zero-order valence-corrected chi connectivity index (χ0v) is 24.0. The number of aromatic nitrogens is 2. The maximum absolute atomic E-state index is 13.5. The molecular weight excluding hydrogens is 567 g/mol. The van der Waals surface area contributed by atoms with Crippen molar-refractivity contribution in [2.75, 3.05) is 38.7 Å². The highest BCUT2D eigenvalue weighted by molar-refractivity contribution is 5.94. The maximum atomic E-state index is 13.5. The van der Waals surface area contributed by atoms with Crippen molar-refractivity contribution in [2.24, 2.45) is 5.92 Å². The predicted octanol–water partition coefficient (Wildman–Crippen LogP) is 6.09. The number of hydrogen-bond acceptors (Lipinski definition) is 8. The van der Waals surface area contributed by atoms with E-state index in [-0.39, 0.29) is 17.4 Å². The summed E-state index contributed by atoms with van der Waals surface area (Å²) in [6, 6.07) is 5.46. The fraction of sp³-hybridized carbons (Fsp3) is 0.433. The Morgan fingerprint density at radius 3 is 2.56 bits per heavy atom. The standard InChI is InChI=1S/C30H32F3N5O5/c1-17(21-12-22(30(31,32)33)14-23(13-21)38(40)41)34-28-25-15-24(27(42-3)16-26(25)35-18(2)36-28)19-4-6-20(7-5-19)29(39)37-8-10-43-11-9-37/h4,12-17,20H,5-11H2,1-3H3,(H,34,35,36)/t17-,20?/m1/s1. The maximum Gasteiger partial charge on any atom is 0.416 e. The predicted molar refractivity (Wildman–Crippen MR) is 154 cm³/mol. The molecule has 1 fully saturated rings. The molecule has 43 heavy (non-hydrogen) atoms. The summed E-state index contributed by atoms with van der Waals surface area (Å²) in [6.07, 6.45) is -0.757. The number of allylic oxidation sites excluding steroid dienone is 2. The molecule has 1 aromatic heterocycles. The van der Waals surface area contributed by atoms with Gasteiger partial charge in [0.05, 0.1) is 42.4 Å². The number of morpholine rings is 1. The number of non-ortho nitro benzene ring substituents is 1. The minimum atomic E-state index is -4.75. The van der Waals surface area contributed by atoms with E-state index in [9.17, 15) is 28.1 Å². The van der Waals surface area contributed by atoms with Crippen LogP contribution in [0.2, 0.25) is 0 Å². The molecule has 2 heterocycles. The van der Waals surface area contributed by atoms with E-state index in [0.717, 1.165) is 23.3 Å². The first kappa shape index (κ1) is 30.2. The SMILES string of the molecule is COc1cc2nc(C)nc(N[C@H](C)c3cc([N+](=O)[O-])cc(C(F)(F)F)c3)c2cc1C1=CCC(C(=O)N2CCOCC2)CC1. The lowest BCUT2D eigenvalue weighted by molar-refractivity contribution is -0.385. The van der Waals surface area contributed by atoms with E-state index in [2.05, 4.69) is 21.4 Å². The summed E-state index contributed by atoms with van der Waals surface area (Å²) in [5.41, 5.74) is 0.725. The minimum Gasteiger partial charge on any atom is -0.496 e. The van der Waals surface area contributed by atoms with Crippen molar-refractivity contribution < 1.29 is 32.4 Å². The molecule has 2 aliphatic rings. The molecule has 2 atom stereocenters. The number of carbonyl (C=O) groups is 1. The molecule has 5 rings (SSSR count). The first-order valence-electron chi connectivity index (χ1n) is 14.0. The summed E-state index contributed by atoms with van der Waals surface area (Å²) < 4.78 is 51.6. The number of halogens is 3. The van der Waals surface area contributed by atoms with Gasteiger partial charge in [0.2, 0.25) is 5.91 Å². The molecule has 0 spiro atoms. The number of ether oxygens (including phenoxy) is 2. The molecule has 13 heteroatoms. The van der Waals surface area contributed by atoms with Gasteiger partial charge in [-0.1, -0.05) is 6.08 Å². The molecule has 1 amide bonds. The van der Waals surface area contributed by atoms with Gasteiger partial charge < -0.3 is 19.7 Å². The van der Waals surface area contributed by atoms with Crippen molar-refractivity contribution in [1.82, 2.24) is 14.9 Å². The summed E-state index contributed by atoms with van der Waals surface area (Å²) in [7, 11) is 1.56. The van der Waals surface area contributed by atoms with E-state index >= 15 is 0 Å². The van der Waals surface area contributed by atoms with Crippen LogP contribution in [-0.2, 0) is 15.7 Å². The Balaban J connectivity index is 1.47. The number of benzene rings is 2. The average molecular weight is 600 g/mol. The number of aryl methyl sites for hydroxylation is 1. The summed E-state index contributed by atoms with van der Waals surface area (Å²) in [4.78, 5) is 34.5. The molecule has 2 aromatic carbocycles. The van der Waals surface area contributed by atoms with Gasteiger partial charge in [-0.25, -0.2) is 9.97 Å². The number of amides is 1. The van der Waals surface area contributed by atoms with Crippen LogP contribution in [0.5, 0.6) is 5.75 Å². The van der Waals surface area contributed by atoms with Crippen LogP contribution in [0, 0.1) is 23.0 Å². The number of rotatable bonds is 7. The van der Waals surface area contributed by atoms with Crippen LogP contribution in [0.3, 0.4) is 0 Å². The van der Waals surface area contributed by atoms with Gasteiger partial charge in [0.25, 0.3) is 5.69 Å². The number of nitrogens with one attached hydrogen (secondary N) is 1. The van der Waals surface area contributed by atoms with Gasteiger partial charge in [-0.2, -0.15) is 13.2 Å². The van der Waals surface area contributed by atoms with Crippen molar-refractivity contribution in [3.05, 3.63) is 69.0 Å². The normalized spacial score (nSPS) is 18.2. The third-order valence-electron chi connectivity index (χ3n) is 7.89. The van der Waals surface area contributed by atoms with Crippen molar-refractivity contribution in [3.8, 4) is 5.75 Å². The van der Waals surface area contributed by atoms with Crippen LogP contribution in [0.15, 0.2) is 36.4 Å². The van der Waals surface area contributed by atoms with E-state index in [1.807, 2.05) is 11.0 Å². The lowest BCUT2D eigenvalue weighted by atomic mass is 9.85. The topological polar surface area (TPSA) is 120 Å².